The molecular formula is C34H36F6O3. The Kier molecular flexibility index (Phi) is 10.0. The number of unbranched alkanes of at least 4 members (excludes halogenated alkanes) is 2. The van der Waals surface area contributed by atoms with Crippen LogP contribution in [0.25, 0.3) is 11.1 Å². The zero-order chi connectivity index (χ0) is 30.6. The van der Waals surface area contributed by atoms with Crippen molar-refractivity contribution < 1.29 is 40.6 Å². The van der Waals surface area contributed by atoms with E-state index in [1.807, 2.05) is 0 Å². The summed E-state index contributed by atoms with van der Waals surface area (Å²) in [5.74, 6) is -4.51. The van der Waals surface area contributed by atoms with E-state index >= 15 is 0 Å². The lowest BCUT2D eigenvalue weighted by atomic mass is 9.74. The van der Waals surface area contributed by atoms with Gasteiger partial charge in [-0.15, -0.1) is 0 Å². The van der Waals surface area contributed by atoms with Gasteiger partial charge in [-0.1, -0.05) is 57.6 Å². The molecule has 43 heavy (non-hydrogen) atoms. The third kappa shape index (κ3) is 7.55. The second-order valence-electron chi connectivity index (χ2n) is 11.7. The lowest BCUT2D eigenvalue weighted by molar-refractivity contribution is -0.215. The molecule has 1 aliphatic carbocycles. The first-order valence-corrected chi connectivity index (χ1v) is 15.0. The number of rotatable bonds is 10. The van der Waals surface area contributed by atoms with E-state index < -0.39 is 47.0 Å². The van der Waals surface area contributed by atoms with Crippen molar-refractivity contribution in [3.05, 3.63) is 89.0 Å². The molecule has 1 saturated carbocycles. The molecule has 0 aromatic heterocycles. The highest BCUT2D eigenvalue weighted by Gasteiger charge is 2.36. The van der Waals surface area contributed by atoms with Gasteiger partial charge in [0.25, 0.3) is 0 Å². The number of hydrogen-bond acceptors (Lipinski definition) is 3. The number of halogens is 6. The summed E-state index contributed by atoms with van der Waals surface area (Å²) in [4.78, 5) is 0. The average Bonchev–Trinajstić information content (AvgIpc) is 3.00. The normalized spacial score (nSPS) is 22.9. The molecular weight excluding hydrogens is 570 g/mol. The Labute approximate surface area is 248 Å². The van der Waals surface area contributed by atoms with Crippen LogP contribution in [0.5, 0.6) is 5.75 Å². The molecule has 9 heteroatoms. The maximum atomic E-state index is 14.9. The third-order valence-electron chi connectivity index (χ3n) is 8.70. The molecule has 0 radical (unpaired) electrons. The van der Waals surface area contributed by atoms with Gasteiger partial charge in [0.05, 0.1) is 18.8 Å². The molecule has 0 amide bonds. The largest absolute Gasteiger partial charge is 0.429 e. The second-order valence-corrected chi connectivity index (χ2v) is 11.7. The van der Waals surface area contributed by atoms with Crippen molar-refractivity contribution in [2.45, 2.75) is 70.7 Å². The molecule has 3 nitrogen and oxygen atoms in total. The quantitative estimate of drug-likeness (QED) is 0.131. The lowest BCUT2D eigenvalue weighted by Gasteiger charge is -2.38. The summed E-state index contributed by atoms with van der Waals surface area (Å²) in [5.41, 5.74) is -0.450. The molecule has 232 valence electrons. The number of alkyl halides is 2. The molecule has 1 saturated heterocycles. The van der Waals surface area contributed by atoms with Crippen LogP contribution in [0.4, 0.5) is 26.3 Å². The molecule has 5 rings (SSSR count). The fourth-order valence-electron chi connectivity index (χ4n) is 6.16. The topological polar surface area (TPSA) is 27.7 Å². The number of ether oxygens (including phenoxy) is 3. The van der Waals surface area contributed by atoms with Crippen LogP contribution in [0.1, 0.15) is 75.7 Å². The van der Waals surface area contributed by atoms with Crippen molar-refractivity contribution in [1.82, 2.24) is 0 Å². The first-order chi connectivity index (χ1) is 20.6. The van der Waals surface area contributed by atoms with Crippen LogP contribution >= 0.6 is 0 Å². The first-order valence-electron chi connectivity index (χ1n) is 15.0. The van der Waals surface area contributed by atoms with E-state index in [-0.39, 0.29) is 11.1 Å². The van der Waals surface area contributed by atoms with Gasteiger partial charge in [0.15, 0.2) is 23.7 Å². The Hall–Kier alpha value is -3.04. The molecule has 0 unspecified atom stereocenters. The number of hydrogen-bond donors (Lipinski definition) is 0. The Morgan fingerprint density at radius 3 is 2.02 bits per heavy atom. The SMILES string of the molecule is CCCCCC1CCC(C2COC(c3ccc(C(F)(F)Oc4ccc(-c5cc(F)c(F)c(F)c5)c(F)c4)cc3)OC2)CC1. The van der Waals surface area contributed by atoms with Crippen LogP contribution in [0.3, 0.4) is 0 Å². The number of benzene rings is 3. The zero-order valence-corrected chi connectivity index (χ0v) is 24.1. The fraction of sp³-hybridized carbons (Fsp3) is 0.471. The summed E-state index contributed by atoms with van der Waals surface area (Å²) >= 11 is 0. The Balaban J connectivity index is 1.15. The van der Waals surface area contributed by atoms with Gasteiger partial charge in [-0.05, 0) is 66.6 Å². The van der Waals surface area contributed by atoms with Crippen molar-refractivity contribution in [1.29, 1.82) is 0 Å². The molecule has 3 aromatic carbocycles. The minimum atomic E-state index is -3.81. The van der Waals surface area contributed by atoms with Crippen LogP contribution in [-0.4, -0.2) is 13.2 Å². The summed E-state index contributed by atoms with van der Waals surface area (Å²) in [5, 5.41) is 0. The molecule has 1 heterocycles. The van der Waals surface area contributed by atoms with E-state index in [9.17, 15) is 26.3 Å². The lowest BCUT2D eigenvalue weighted by Crippen LogP contribution is -2.34. The van der Waals surface area contributed by atoms with E-state index in [4.69, 9.17) is 14.2 Å². The predicted molar refractivity (Wildman–Crippen MR) is 150 cm³/mol. The van der Waals surface area contributed by atoms with Crippen LogP contribution in [0.15, 0.2) is 54.6 Å². The van der Waals surface area contributed by atoms with Gasteiger partial charge in [0.2, 0.25) is 0 Å². The van der Waals surface area contributed by atoms with E-state index in [1.54, 1.807) is 0 Å². The van der Waals surface area contributed by atoms with Gasteiger partial charge in [-0.25, -0.2) is 17.6 Å². The summed E-state index contributed by atoms with van der Waals surface area (Å²) in [6, 6.07) is 9.35. The Morgan fingerprint density at radius 2 is 1.42 bits per heavy atom. The molecule has 1 aliphatic heterocycles. The van der Waals surface area contributed by atoms with E-state index in [2.05, 4.69) is 6.92 Å². The highest BCUT2D eigenvalue weighted by molar-refractivity contribution is 5.65. The fourth-order valence-corrected chi connectivity index (χ4v) is 6.16. The average molecular weight is 607 g/mol. The van der Waals surface area contributed by atoms with E-state index in [0.29, 0.717) is 48.8 Å². The highest BCUT2D eigenvalue weighted by Crippen LogP contribution is 2.40. The Morgan fingerprint density at radius 1 is 0.767 bits per heavy atom. The van der Waals surface area contributed by atoms with Crippen molar-refractivity contribution in [2.75, 3.05) is 13.2 Å². The molecule has 3 aromatic rings. The maximum absolute atomic E-state index is 14.9. The minimum Gasteiger partial charge on any atom is -0.429 e. The van der Waals surface area contributed by atoms with Gasteiger partial charge in [-0.2, -0.15) is 8.78 Å². The highest BCUT2D eigenvalue weighted by atomic mass is 19.3. The van der Waals surface area contributed by atoms with Crippen molar-refractivity contribution in [2.24, 2.45) is 17.8 Å². The summed E-state index contributed by atoms with van der Waals surface area (Å²) in [7, 11) is 0. The van der Waals surface area contributed by atoms with E-state index in [0.717, 1.165) is 18.1 Å². The van der Waals surface area contributed by atoms with E-state index in [1.165, 1.54) is 75.6 Å². The summed E-state index contributed by atoms with van der Waals surface area (Å²) in [6.45, 7) is 3.36. The van der Waals surface area contributed by atoms with Gasteiger partial charge in [0.1, 0.15) is 11.6 Å². The van der Waals surface area contributed by atoms with Crippen LogP contribution < -0.4 is 4.74 Å². The predicted octanol–water partition coefficient (Wildman–Crippen LogP) is 10.1. The molecule has 0 spiro atoms. The molecule has 0 N–H and O–H groups in total. The van der Waals surface area contributed by atoms with Crippen molar-refractivity contribution >= 4 is 0 Å². The second kappa shape index (κ2) is 13.7. The van der Waals surface area contributed by atoms with Crippen LogP contribution in [0.2, 0.25) is 0 Å². The van der Waals surface area contributed by atoms with Crippen molar-refractivity contribution in [3.63, 3.8) is 0 Å². The molecule has 2 fully saturated rings. The van der Waals surface area contributed by atoms with Crippen molar-refractivity contribution in [3.8, 4) is 16.9 Å². The van der Waals surface area contributed by atoms with Crippen LogP contribution in [0, 0.1) is 41.0 Å². The summed E-state index contributed by atoms with van der Waals surface area (Å²) in [6.07, 6.45) is 5.65. The zero-order valence-electron chi connectivity index (χ0n) is 24.1. The molecule has 0 atom stereocenters. The standard InChI is InChI=1S/C34H36F6O3/c1-2-3-4-5-21-6-8-22(9-7-21)25-19-41-33(42-20-25)23-10-12-26(13-11-23)34(39,40)43-27-14-15-28(29(35)18-27)24-16-30(36)32(38)31(37)17-24/h10-18,21-22,25,33H,2-9,19-20H2,1H3. The summed E-state index contributed by atoms with van der Waals surface area (Å²) < 4.78 is 102. The van der Waals surface area contributed by atoms with Gasteiger partial charge < -0.3 is 14.2 Å². The van der Waals surface area contributed by atoms with Gasteiger partial charge >= 0.3 is 6.11 Å². The smallest absolute Gasteiger partial charge is 0.426 e. The maximum Gasteiger partial charge on any atom is 0.426 e. The van der Waals surface area contributed by atoms with Gasteiger partial charge in [0, 0.05) is 23.1 Å². The monoisotopic (exact) mass is 606 g/mol. The van der Waals surface area contributed by atoms with Crippen LogP contribution in [-0.2, 0) is 15.6 Å². The molecule has 0 bridgehead atoms. The first kappa shape index (κ1) is 31.4. The van der Waals surface area contributed by atoms with Gasteiger partial charge in [-0.3, -0.25) is 0 Å². The minimum absolute atomic E-state index is 0.286. The Bertz CT molecular complexity index is 1340. The molecule has 2 aliphatic rings. The third-order valence-corrected chi connectivity index (χ3v) is 8.70.